The highest BCUT2D eigenvalue weighted by molar-refractivity contribution is 5.88. The highest BCUT2D eigenvalue weighted by Crippen LogP contribution is 2.20. The van der Waals surface area contributed by atoms with Crippen LogP contribution in [0.25, 0.3) is 0 Å². The van der Waals surface area contributed by atoms with Crippen molar-refractivity contribution >= 4 is 17.9 Å². The third-order valence-corrected chi connectivity index (χ3v) is 7.11. The molecule has 2 rings (SSSR count). The molecule has 44 heavy (non-hydrogen) atoms. The van der Waals surface area contributed by atoms with Gasteiger partial charge in [-0.05, 0) is 90.6 Å². The third-order valence-electron chi connectivity index (χ3n) is 7.11. The van der Waals surface area contributed by atoms with Crippen LogP contribution >= 0.6 is 0 Å². The van der Waals surface area contributed by atoms with Gasteiger partial charge in [0, 0.05) is 12.5 Å². The average Bonchev–Trinajstić information content (AvgIpc) is 2.93. The first-order valence-electron chi connectivity index (χ1n) is 15.7. The summed E-state index contributed by atoms with van der Waals surface area (Å²) in [5.74, 6) is -0.988. The first-order chi connectivity index (χ1) is 20.7. The zero-order valence-corrected chi connectivity index (χ0v) is 27.6. The Morgan fingerprint density at radius 1 is 0.841 bits per heavy atom. The Morgan fingerprint density at radius 3 is 1.93 bits per heavy atom. The first kappa shape index (κ1) is 36.8. The Bertz CT molecular complexity index is 1130. The van der Waals surface area contributed by atoms with Crippen LogP contribution in [0.2, 0.25) is 0 Å². The van der Waals surface area contributed by atoms with Gasteiger partial charge in [-0.2, -0.15) is 0 Å². The van der Waals surface area contributed by atoms with Crippen molar-refractivity contribution in [2.24, 2.45) is 11.8 Å². The smallest absolute Gasteiger partial charge is 0.407 e. The molecule has 3 amide bonds. The standard InChI is InChI=1S/C35H54N4O5/c1-25(2)21-30(33(42)36-19-14-20-39(6)7)37-32(41)28(22-26-15-10-8-11-16-26)24-31(40)29(23-27-17-12-9-13-18-27)38-34(43)44-35(3,4)5/h8-13,15-18,25,28-31,40H,14,19-24H2,1-7H3,(H,36,42)(H,37,41)(H,38,43)/t28-,29+,30+,31+/m1/s1. The number of aliphatic hydroxyl groups is 1. The van der Waals surface area contributed by atoms with Crippen molar-refractivity contribution in [3.8, 4) is 0 Å². The molecule has 244 valence electrons. The quantitative estimate of drug-likeness (QED) is 0.198. The summed E-state index contributed by atoms with van der Waals surface area (Å²) in [7, 11) is 3.97. The topological polar surface area (TPSA) is 120 Å². The maximum Gasteiger partial charge on any atom is 0.407 e. The molecule has 0 heterocycles. The van der Waals surface area contributed by atoms with Gasteiger partial charge < -0.3 is 30.7 Å². The van der Waals surface area contributed by atoms with Crippen LogP contribution in [0.15, 0.2) is 60.7 Å². The number of hydrogen-bond acceptors (Lipinski definition) is 6. The number of rotatable bonds is 17. The van der Waals surface area contributed by atoms with E-state index in [4.69, 9.17) is 4.74 Å². The predicted octanol–water partition coefficient (Wildman–Crippen LogP) is 4.33. The van der Waals surface area contributed by atoms with Crippen LogP contribution in [0.3, 0.4) is 0 Å². The molecule has 0 aliphatic carbocycles. The summed E-state index contributed by atoms with van der Waals surface area (Å²) in [5.41, 5.74) is 1.16. The van der Waals surface area contributed by atoms with Gasteiger partial charge in [0.05, 0.1) is 12.1 Å². The Kier molecular flexibility index (Phi) is 15.4. The highest BCUT2D eigenvalue weighted by atomic mass is 16.6. The Labute approximate surface area is 264 Å². The minimum atomic E-state index is -1.06. The van der Waals surface area contributed by atoms with Crippen molar-refractivity contribution in [2.75, 3.05) is 27.2 Å². The number of aliphatic hydroxyl groups excluding tert-OH is 1. The summed E-state index contributed by atoms with van der Waals surface area (Å²) in [6, 6.07) is 17.8. The molecule has 0 unspecified atom stereocenters. The lowest BCUT2D eigenvalue weighted by Gasteiger charge is -2.30. The van der Waals surface area contributed by atoms with Crippen molar-refractivity contribution < 1.29 is 24.2 Å². The zero-order valence-electron chi connectivity index (χ0n) is 27.6. The van der Waals surface area contributed by atoms with Gasteiger partial charge in [-0.15, -0.1) is 0 Å². The lowest BCUT2D eigenvalue weighted by atomic mass is 9.88. The molecule has 9 nitrogen and oxygen atoms in total. The molecule has 0 aliphatic rings. The second-order valence-electron chi connectivity index (χ2n) is 13.3. The molecule has 0 saturated heterocycles. The number of nitrogens with one attached hydrogen (secondary N) is 3. The fourth-order valence-corrected chi connectivity index (χ4v) is 4.97. The van der Waals surface area contributed by atoms with Crippen molar-refractivity contribution in [2.45, 2.75) is 90.5 Å². The summed E-state index contributed by atoms with van der Waals surface area (Å²) < 4.78 is 5.49. The molecule has 0 saturated carbocycles. The third kappa shape index (κ3) is 14.8. The Hall–Kier alpha value is -3.43. The molecule has 0 radical (unpaired) electrons. The minimum Gasteiger partial charge on any atom is -0.444 e. The first-order valence-corrected chi connectivity index (χ1v) is 15.7. The average molecular weight is 611 g/mol. The van der Waals surface area contributed by atoms with Crippen LogP contribution in [-0.2, 0) is 27.2 Å². The highest BCUT2D eigenvalue weighted by Gasteiger charge is 2.32. The molecule has 0 aliphatic heterocycles. The molecule has 4 N–H and O–H groups in total. The van der Waals surface area contributed by atoms with E-state index in [0.29, 0.717) is 25.8 Å². The van der Waals surface area contributed by atoms with E-state index in [1.54, 1.807) is 20.8 Å². The van der Waals surface area contributed by atoms with Crippen LogP contribution in [0.1, 0.15) is 65.0 Å². The number of carbonyl (C=O) groups excluding carboxylic acids is 3. The molecular weight excluding hydrogens is 556 g/mol. The Balaban J connectivity index is 2.27. The number of benzene rings is 2. The van der Waals surface area contributed by atoms with Gasteiger partial charge in [0.2, 0.25) is 11.8 Å². The van der Waals surface area contributed by atoms with Crippen LogP contribution in [0.4, 0.5) is 4.79 Å². The van der Waals surface area contributed by atoms with Gasteiger partial charge in [-0.1, -0.05) is 74.5 Å². The molecule has 2 aromatic rings. The second-order valence-corrected chi connectivity index (χ2v) is 13.3. The van der Waals surface area contributed by atoms with Gasteiger partial charge in [0.25, 0.3) is 0 Å². The van der Waals surface area contributed by atoms with Gasteiger partial charge in [0.1, 0.15) is 11.6 Å². The van der Waals surface area contributed by atoms with E-state index >= 15 is 0 Å². The van der Waals surface area contributed by atoms with Gasteiger partial charge >= 0.3 is 6.09 Å². The number of hydrogen-bond donors (Lipinski definition) is 4. The van der Waals surface area contributed by atoms with E-state index in [9.17, 15) is 19.5 Å². The van der Waals surface area contributed by atoms with Crippen LogP contribution in [0, 0.1) is 11.8 Å². The van der Waals surface area contributed by atoms with Crippen molar-refractivity contribution in [3.05, 3.63) is 71.8 Å². The summed E-state index contributed by atoms with van der Waals surface area (Å²) in [5, 5.41) is 20.4. The number of carbonyl (C=O) groups is 3. The summed E-state index contributed by atoms with van der Waals surface area (Å²) in [6.07, 6.45) is 0.391. The van der Waals surface area contributed by atoms with Gasteiger partial charge in [0.15, 0.2) is 0 Å². The number of ether oxygens (including phenoxy) is 1. The molecule has 4 atom stereocenters. The van der Waals surface area contributed by atoms with Crippen LogP contribution in [-0.4, -0.2) is 78.9 Å². The molecule has 0 fully saturated rings. The van der Waals surface area contributed by atoms with E-state index < -0.39 is 35.8 Å². The normalized spacial score (nSPS) is 14.4. The van der Waals surface area contributed by atoms with Crippen molar-refractivity contribution in [3.63, 3.8) is 0 Å². The number of nitrogens with zero attached hydrogens (tertiary/aromatic N) is 1. The second kappa shape index (κ2) is 18.4. The number of amides is 3. The van der Waals surface area contributed by atoms with Crippen molar-refractivity contribution in [1.82, 2.24) is 20.9 Å². The van der Waals surface area contributed by atoms with E-state index in [1.165, 1.54) is 0 Å². The van der Waals surface area contributed by atoms with Gasteiger partial charge in [-0.3, -0.25) is 9.59 Å². The summed E-state index contributed by atoms with van der Waals surface area (Å²) in [4.78, 5) is 41.9. The van der Waals surface area contributed by atoms with E-state index in [-0.39, 0.29) is 24.2 Å². The molecule has 9 heteroatoms. The SMILES string of the molecule is CC(C)C[C@H](NC(=O)[C@H](Cc1ccccc1)C[C@H](O)[C@H](Cc1ccccc1)NC(=O)OC(C)(C)C)C(=O)NCCCN(C)C. The van der Waals surface area contributed by atoms with Crippen molar-refractivity contribution in [1.29, 1.82) is 0 Å². The largest absolute Gasteiger partial charge is 0.444 e. The van der Waals surface area contributed by atoms with E-state index in [1.807, 2.05) is 88.6 Å². The monoisotopic (exact) mass is 610 g/mol. The van der Waals surface area contributed by atoms with Gasteiger partial charge in [-0.25, -0.2) is 4.79 Å². The summed E-state index contributed by atoms with van der Waals surface area (Å²) >= 11 is 0. The van der Waals surface area contributed by atoms with Crippen LogP contribution in [0.5, 0.6) is 0 Å². The molecule has 0 spiro atoms. The minimum absolute atomic E-state index is 0.0763. The lowest BCUT2D eigenvalue weighted by molar-refractivity contribution is -0.132. The fraction of sp³-hybridized carbons (Fsp3) is 0.571. The summed E-state index contributed by atoms with van der Waals surface area (Å²) in [6.45, 7) is 10.7. The molecule has 2 aromatic carbocycles. The molecule has 0 bridgehead atoms. The fourth-order valence-electron chi connectivity index (χ4n) is 4.97. The Morgan fingerprint density at radius 2 is 1.41 bits per heavy atom. The van der Waals surface area contributed by atoms with E-state index in [0.717, 1.165) is 24.1 Å². The van der Waals surface area contributed by atoms with Crippen LogP contribution < -0.4 is 16.0 Å². The molecule has 0 aromatic heterocycles. The van der Waals surface area contributed by atoms with E-state index in [2.05, 4.69) is 20.9 Å². The lowest BCUT2D eigenvalue weighted by Crippen LogP contribution is -2.51. The predicted molar refractivity (Wildman–Crippen MR) is 175 cm³/mol. The maximum absolute atomic E-state index is 13.9. The maximum atomic E-state index is 13.9. The molecular formula is C35H54N4O5. The number of alkyl carbamates (subject to hydrolysis) is 1. The zero-order chi connectivity index (χ0) is 32.7.